The summed E-state index contributed by atoms with van der Waals surface area (Å²) >= 11 is 0. The maximum atomic E-state index is 5.33. The van der Waals surface area contributed by atoms with Crippen LogP contribution in [0.1, 0.15) is 17.2 Å². The molecule has 2 N–H and O–H groups in total. The Labute approximate surface area is 148 Å². The number of aliphatic imine (C=N–C) groups is 1. The fraction of sp³-hybridized carbons (Fsp3) is 0.471. The number of hydrogen-bond donors (Lipinski definition) is 2. The van der Waals surface area contributed by atoms with Crippen molar-refractivity contribution in [3.8, 4) is 11.5 Å². The van der Waals surface area contributed by atoms with E-state index in [9.17, 15) is 0 Å². The van der Waals surface area contributed by atoms with Crippen molar-refractivity contribution in [2.75, 3.05) is 27.8 Å². The number of nitrogens with one attached hydrogen (secondary N) is 2. The molecule has 0 amide bonds. The van der Waals surface area contributed by atoms with Crippen molar-refractivity contribution >= 4 is 5.96 Å². The summed E-state index contributed by atoms with van der Waals surface area (Å²) in [7, 11) is 6.96. The van der Waals surface area contributed by atoms with E-state index in [1.54, 1.807) is 21.3 Å². The lowest BCUT2D eigenvalue weighted by Gasteiger charge is -2.13. The zero-order valence-electron chi connectivity index (χ0n) is 15.5. The molecule has 0 atom stereocenters. The van der Waals surface area contributed by atoms with E-state index < -0.39 is 0 Å². The van der Waals surface area contributed by atoms with Gasteiger partial charge in [0.25, 0.3) is 0 Å². The molecule has 0 aliphatic heterocycles. The minimum absolute atomic E-state index is 0.563. The number of aromatic nitrogens is 3. The number of ether oxygens (including phenoxy) is 2. The Kier molecular flexibility index (Phi) is 6.62. The molecule has 1 aromatic carbocycles. The fourth-order valence-corrected chi connectivity index (χ4v) is 2.35. The predicted molar refractivity (Wildman–Crippen MR) is 97.2 cm³/mol. The Balaban J connectivity index is 1.84. The molecule has 8 nitrogen and oxygen atoms in total. The van der Waals surface area contributed by atoms with Gasteiger partial charge in [0, 0.05) is 20.6 Å². The highest BCUT2D eigenvalue weighted by Crippen LogP contribution is 2.27. The van der Waals surface area contributed by atoms with Gasteiger partial charge in [-0.25, -0.2) is 0 Å². The van der Waals surface area contributed by atoms with E-state index in [2.05, 4.69) is 25.8 Å². The minimum atomic E-state index is 0.563. The van der Waals surface area contributed by atoms with Gasteiger partial charge in [0.1, 0.15) is 5.82 Å². The first-order chi connectivity index (χ1) is 12.1. The summed E-state index contributed by atoms with van der Waals surface area (Å²) in [6.45, 7) is 3.23. The summed E-state index contributed by atoms with van der Waals surface area (Å²) in [5, 5.41) is 14.7. The second kappa shape index (κ2) is 8.91. The molecular formula is C17H26N6O2. The maximum Gasteiger partial charge on any atom is 0.191 e. The third-order valence-corrected chi connectivity index (χ3v) is 3.97. The van der Waals surface area contributed by atoms with E-state index in [0.717, 1.165) is 47.6 Å². The van der Waals surface area contributed by atoms with Crippen molar-refractivity contribution in [1.29, 1.82) is 0 Å². The summed E-state index contributed by atoms with van der Waals surface area (Å²) in [6, 6.07) is 5.93. The lowest BCUT2D eigenvalue weighted by Crippen LogP contribution is -2.38. The van der Waals surface area contributed by atoms with Crippen LogP contribution in [0.4, 0.5) is 0 Å². The highest BCUT2D eigenvalue weighted by molar-refractivity contribution is 5.79. The van der Waals surface area contributed by atoms with Crippen LogP contribution in [0.2, 0.25) is 0 Å². The van der Waals surface area contributed by atoms with Crippen molar-refractivity contribution in [3.05, 3.63) is 35.4 Å². The Morgan fingerprint density at radius 2 is 1.92 bits per heavy atom. The van der Waals surface area contributed by atoms with Gasteiger partial charge in [0.15, 0.2) is 23.3 Å². The van der Waals surface area contributed by atoms with Crippen molar-refractivity contribution in [2.45, 2.75) is 19.9 Å². The second-order valence-electron chi connectivity index (χ2n) is 5.51. The molecule has 1 aromatic heterocycles. The number of rotatable bonds is 7. The van der Waals surface area contributed by atoms with Gasteiger partial charge >= 0.3 is 0 Å². The van der Waals surface area contributed by atoms with Crippen LogP contribution in [-0.4, -0.2) is 48.5 Å². The van der Waals surface area contributed by atoms with Crippen LogP contribution in [0.5, 0.6) is 11.5 Å². The summed E-state index contributed by atoms with van der Waals surface area (Å²) in [5.74, 6) is 3.94. The molecule has 2 aromatic rings. The van der Waals surface area contributed by atoms with Gasteiger partial charge in [0.2, 0.25) is 0 Å². The van der Waals surface area contributed by atoms with Gasteiger partial charge in [0.05, 0.1) is 20.8 Å². The number of nitrogens with zero attached hydrogens (tertiary/aromatic N) is 4. The number of hydrogen-bond acceptors (Lipinski definition) is 5. The number of guanidine groups is 1. The average Bonchev–Trinajstić information content (AvgIpc) is 2.96. The Hall–Kier alpha value is -2.77. The van der Waals surface area contributed by atoms with E-state index in [0.29, 0.717) is 6.54 Å². The summed E-state index contributed by atoms with van der Waals surface area (Å²) < 4.78 is 12.5. The van der Waals surface area contributed by atoms with Crippen molar-refractivity contribution in [3.63, 3.8) is 0 Å². The van der Waals surface area contributed by atoms with Gasteiger partial charge in [-0.15, -0.1) is 10.2 Å². The molecule has 1 heterocycles. The first kappa shape index (κ1) is 18.6. The normalized spacial score (nSPS) is 11.3. The van der Waals surface area contributed by atoms with Gasteiger partial charge in [-0.1, -0.05) is 6.07 Å². The molecule has 2 rings (SSSR count). The zero-order valence-corrected chi connectivity index (χ0v) is 15.5. The SMILES string of the molecule is CN=C(NCCc1ccc(OC)c(OC)c1)NCc1nnc(C)n1C. The first-order valence-corrected chi connectivity index (χ1v) is 8.09. The molecule has 0 saturated heterocycles. The van der Waals surface area contributed by atoms with Crippen molar-refractivity contribution in [2.24, 2.45) is 12.0 Å². The van der Waals surface area contributed by atoms with Gasteiger partial charge in [-0.05, 0) is 31.0 Å². The summed E-state index contributed by atoms with van der Waals surface area (Å²) in [6.07, 6.45) is 0.837. The van der Waals surface area contributed by atoms with Crippen LogP contribution < -0.4 is 20.1 Å². The number of aryl methyl sites for hydroxylation is 1. The van der Waals surface area contributed by atoms with Crippen LogP contribution >= 0.6 is 0 Å². The molecule has 0 fully saturated rings. The van der Waals surface area contributed by atoms with Crippen LogP contribution in [-0.2, 0) is 20.0 Å². The van der Waals surface area contributed by atoms with Crippen LogP contribution in [0, 0.1) is 6.92 Å². The summed E-state index contributed by atoms with van der Waals surface area (Å²) in [4.78, 5) is 4.22. The lowest BCUT2D eigenvalue weighted by molar-refractivity contribution is 0.354. The van der Waals surface area contributed by atoms with E-state index in [4.69, 9.17) is 9.47 Å². The predicted octanol–water partition coefficient (Wildman–Crippen LogP) is 1.05. The Morgan fingerprint density at radius 1 is 1.16 bits per heavy atom. The lowest BCUT2D eigenvalue weighted by atomic mass is 10.1. The maximum absolute atomic E-state index is 5.33. The molecule has 8 heteroatoms. The number of methoxy groups -OCH3 is 2. The van der Waals surface area contributed by atoms with Crippen LogP contribution in [0.25, 0.3) is 0 Å². The summed E-state index contributed by atoms with van der Waals surface area (Å²) in [5.41, 5.74) is 1.16. The largest absolute Gasteiger partial charge is 0.493 e. The Morgan fingerprint density at radius 3 is 2.52 bits per heavy atom. The van der Waals surface area contributed by atoms with Crippen molar-refractivity contribution in [1.82, 2.24) is 25.4 Å². The quantitative estimate of drug-likeness (QED) is 0.576. The molecule has 25 heavy (non-hydrogen) atoms. The van der Waals surface area contributed by atoms with Crippen LogP contribution in [0.15, 0.2) is 23.2 Å². The average molecular weight is 346 g/mol. The zero-order chi connectivity index (χ0) is 18.2. The fourth-order valence-electron chi connectivity index (χ4n) is 2.35. The second-order valence-corrected chi connectivity index (χ2v) is 5.51. The molecule has 0 radical (unpaired) electrons. The van der Waals surface area contributed by atoms with Gasteiger partial charge in [-0.2, -0.15) is 0 Å². The van der Waals surface area contributed by atoms with Crippen LogP contribution in [0.3, 0.4) is 0 Å². The van der Waals surface area contributed by atoms with E-state index in [1.165, 1.54) is 0 Å². The molecular weight excluding hydrogens is 320 g/mol. The van der Waals surface area contributed by atoms with E-state index in [-0.39, 0.29) is 0 Å². The van der Waals surface area contributed by atoms with Gasteiger partial charge in [-0.3, -0.25) is 4.99 Å². The molecule has 0 bridgehead atoms. The topological polar surface area (TPSA) is 85.6 Å². The van der Waals surface area contributed by atoms with E-state index >= 15 is 0 Å². The smallest absolute Gasteiger partial charge is 0.191 e. The van der Waals surface area contributed by atoms with Crippen molar-refractivity contribution < 1.29 is 9.47 Å². The monoisotopic (exact) mass is 346 g/mol. The highest BCUT2D eigenvalue weighted by Gasteiger charge is 2.07. The molecule has 0 saturated carbocycles. The van der Waals surface area contributed by atoms with E-state index in [1.807, 2.05) is 36.7 Å². The third kappa shape index (κ3) is 4.85. The molecule has 0 spiro atoms. The molecule has 0 aliphatic rings. The third-order valence-electron chi connectivity index (χ3n) is 3.97. The standard InChI is InChI=1S/C17H26N6O2/c1-12-21-22-16(23(12)3)11-20-17(18-2)19-9-8-13-6-7-14(24-4)15(10-13)25-5/h6-7,10H,8-9,11H2,1-5H3,(H2,18,19,20). The van der Waals surface area contributed by atoms with Gasteiger partial charge < -0.3 is 24.7 Å². The minimum Gasteiger partial charge on any atom is -0.493 e. The number of benzene rings is 1. The highest BCUT2D eigenvalue weighted by atomic mass is 16.5. The molecule has 0 unspecified atom stereocenters. The first-order valence-electron chi connectivity index (χ1n) is 8.09. The molecule has 0 aliphatic carbocycles. The molecule has 136 valence electrons. The Bertz CT molecular complexity index is 726.